The van der Waals surface area contributed by atoms with E-state index < -0.39 is 22.9 Å². The zero-order valence-electron chi connectivity index (χ0n) is 10.5. The zero-order valence-corrected chi connectivity index (χ0v) is 11.4. The molecule has 1 unspecified atom stereocenters. The van der Waals surface area contributed by atoms with Gasteiger partial charge in [0, 0.05) is 34.9 Å². The lowest BCUT2D eigenvalue weighted by Gasteiger charge is -2.33. The van der Waals surface area contributed by atoms with E-state index in [9.17, 15) is 13.8 Å². The largest absolute Gasteiger partial charge is 0.479 e. The van der Waals surface area contributed by atoms with E-state index in [1.807, 2.05) is 0 Å². The van der Waals surface area contributed by atoms with Gasteiger partial charge in [0.25, 0.3) is 0 Å². The minimum absolute atomic E-state index is 0.0383. The number of hydrogen-bond acceptors (Lipinski definition) is 4. The van der Waals surface area contributed by atoms with Crippen molar-refractivity contribution in [2.75, 3.05) is 31.2 Å². The SMILES string of the molecule is O=C(O)C1CN(C(=O)NC2CCS(=O)CC2)CCO1. The second-order valence-electron chi connectivity index (χ2n) is 4.72. The van der Waals surface area contributed by atoms with Crippen LogP contribution >= 0.6 is 0 Å². The normalized spacial score (nSPS) is 31.8. The molecule has 2 saturated heterocycles. The Hall–Kier alpha value is -1.15. The molecule has 2 heterocycles. The third kappa shape index (κ3) is 3.90. The topological polar surface area (TPSA) is 95.9 Å². The molecule has 2 aliphatic heterocycles. The van der Waals surface area contributed by atoms with Crippen LogP contribution in [0.1, 0.15) is 12.8 Å². The fraction of sp³-hybridized carbons (Fsp3) is 0.818. The van der Waals surface area contributed by atoms with Gasteiger partial charge in [-0.2, -0.15) is 0 Å². The van der Waals surface area contributed by atoms with Crippen molar-refractivity contribution in [3.05, 3.63) is 0 Å². The van der Waals surface area contributed by atoms with E-state index in [0.717, 1.165) is 0 Å². The zero-order chi connectivity index (χ0) is 13.8. The monoisotopic (exact) mass is 290 g/mol. The van der Waals surface area contributed by atoms with Crippen molar-refractivity contribution in [1.82, 2.24) is 10.2 Å². The van der Waals surface area contributed by atoms with Crippen molar-refractivity contribution < 1.29 is 23.6 Å². The maximum Gasteiger partial charge on any atom is 0.334 e. The minimum Gasteiger partial charge on any atom is -0.479 e. The number of carbonyl (C=O) groups is 2. The number of urea groups is 1. The number of carbonyl (C=O) groups excluding carboxylic acids is 1. The molecular weight excluding hydrogens is 272 g/mol. The number of hydrogen-bond donors (Lipinski definition) is 2. The molecule has 2 aliphatic rings. The fourth-order valence-electron chi connectivity index (χ4n) is 2.19. The molecule has 1 atom stereocenters. The Morgan fingerprint density at radius 3 is 2.63 bits per heavy atom. The summed E-state index contributed by atoms with van der Waals surface area (Å²) in [6.07, 6.45) is 0.481. The van der Waals surface area contributed by atoms with Gasteiger partial charge < -0.3 is 20.1 Å². The van der Waals surface area contributed by atoms with E-state index >= 15 is 0 Å². The second kappa shape index (κ2) is 6.33. The summed E-state index contributed by atoms with van der Waals surface area (Å²) in [7, 11) is -0.755. The molecule has 0 aromatic carbocycles. The molecule has 0 spiro atoms. The molecule has 19 heavy (non-hydrogen) atoms. The molecule has 7 nitrogen and oxygen atoms in total. The van der Waals surface area contributed by atoms with E-state index in [1.165, 1.54) is 4.90 Å². The van der Waals surface area contributed by atoms with Crippen molar-refractivity contribution in [3.63, 3.8) is 0 Å². The average Bonchev–Trinajstić information content (AvgIpc) is 2.41. The van der Waals surface area contributed by atoms with Gasteiger partial charge in [-0.05, 0) is 12.8 Å². The van der Waals surface area contributed by atoms with Crippen LogP contribution in [0.2, 0.25) is 0 Å². The van der Waals surface area contributed by atoms with Crippen LogP contribution in [0.5, 0.6) is 0 Å². The molecule has 108 valence electrons. The molecule has 2 fully saturated rings. The van der Waals surface area contributed by atoms with Crippen LogP contribution in [0.25, 0.3) is 0 Å². The number of ether oxygens (including phenoxy) is 1. The molecule has 2 amide bonds. The quantitative estimate of drug-likeness (QED) is 0.707. The predicted molar refractivity (Wildman–Crippen MR) is 68.4 cm³/mol. The highest BCUT2D eigenvalue weighted by molar-refractivity contribution is 7.85. The highest BCUT2D eigenvalue weighted by Crippen LogP contribution is 2.11. The molecule has 0 saturated carbocycles. The first-order chi connectivity index (χ1) is 9.06. The van der Waals surface area contributed by atoms with Gasteiger partial charge in [-0.15, -0.1) is 0 Å². The van der Waals surface area contributed by atoms with E-state index in [1.54, 1.807) is 0 Å². The van der Waals surface area contributed by atoms with Crippen molar-refractivity contribution in [2.24, 2.45) is 0 Å². The van der Waals surface area contributed by atoms with Crippen molar-refractivity contribution in [3.8, 4) is 0 Å². The van der Waals surface area contributed by atoms with E-state index in [0.29, 0.717) is 30.9 Å². The van der Waals surface area contributed by atoms with Crippen LogP contribution < -0.4 is 5.32 Å². The van der Waals surface area contributed by atoms with Crippen molar-refractivity contribution in [2.45, 2.75) is 25.0 Å². The first-order valence-corrected chi connectivity index (χ1v) is 7.80. The maximum absolute atomic E-state index is 12.0. The van der Waals surface area contributed by atoms with Gasteiger partial charge >= 0.3 is 12.0 Å². The maximum atomic E-state index is 12.0. The highest BCUT2D eigenvalue weighted by atomic mass is 32.2. The van der Waals surface area contributed by atoms with Crippen LogP contribution in [-0.4, -0.2) is 69.6 Å². The molecule has 2 rings (SSSR count). The van der Waals surface area contributed by atoms with Gasteiger partial charge in [-0.1, -0.05) is 0 Å². The molecule has 8 heteroatoms. The number of carboxylic acids is 1. The van der Waals surface area contributed by atoms with Gasteiger partial charge in [0.2, 0.25) is 0 Å². The van der Waals surface area contributed by atoms with E-state index in [4.69, 9.17) is 9.84 Å². The summed E-state index contributed by atoms with van der Waals surface area (Å²) >= 11 is 0. The number of carboxylic acid groups (broad SMARTS) is 1. The summed E-state index contributed by atoms with van der Waals surface area (Å²) in [6.45, 7) is 0.702. The number of morpholine rings is 1. The van der Waals surface area contributed by atoms with Gasteiger partial charge in [-0.3, -0.25) is 4.21 Å². The molecule has 0 bridgehead atoms. The van der Waals surface area contributed by atoms with Gasteiger partial charge in [0.05, 0.1) is 13.2 Å². The number of nitrogens with zero attached hydrogens (tertiary/aromatic N) is 1. The summed E-state index contributed by atoms with van der Waals surface area (Å²) < 4.78 is 16.3. The van der Waals surface area contributed by atoms with Crippen LogP contribution in [0.4, 0.5) is 4.79 Å². The summed E-state index contributed by atoms with van der Waals surface area (Å²) in [5.74, 6) is 0.183. The Labute approximate surface area is 113 Å². The average molecular weight is 290 g/mol. The van der Waals surface area contributed by atoms with Crippen molar-refractivity contribution >= 4 is 22.8 Å². The first kappa shape index (κ1) is 14.3. The molecule has 0 radical (unpaired) electrons. The van der Waals surface area contributed by atoms with Crippen molar-refractivity contribution in [1.29, 1.82) is 0 Å². The highest BCUT2D eigenvalue weighted by Gasteiger charge is 2.30. The molecule has 2 N–H and O–H groups in total. The van der Waals surface area contributed by atoms with Crippen LogP contribution in [0.3, 0.4) is 0 Å². The minimum atomic E-state index is -1.05. The lowest BCUT2D eigenvalue weighted by molar-refractivity contribution is -0.154. The Morgan fingerprint density at radius 1 is 1.32 bits per heavy atom. The third-order valence-electron chi connectivity index (χ3n) is 3.34. The Kier molecular flexibility index (Phi) is 4.76. The first-order valence-electron chi connectivity index (χ1n) is 6.31. The molecule has 0 aromatic heterocycles. The number of aliphatic carboxylic acids is 1. The molecule has 0 aromatic rings. The van der Waals surface area contributed by atoms with E-state index in [-0.39, 0.29) is 25.2 Å². The standard InChI is InChI=1S/C11H18N2O5S/c14-10(15)9-7-13(3-4-18-9)11(16)12-8-1-5-19(17)6-2-8/h8-9H,1-7H2,(H,12,16)(H,14,15). The molecular formula is C11H18N2O5S. The number of rotatable bonds is 2. The van der Waals surface area contributed by atoms with Crippen LogP contribution in [-0.2, 0) is 20.3 Å². The fourth-order valence-corrected chi connectivity index (χ4v) is 3.49. The van der Waals surface area contributed by atoms with Gasteiger partial charge in [-0.25, -0.2) is 9.59 Å². The predicted octanol–water partition coefficient (Wildman–Crippen LogP) is -0.607. The summed E-state index contributed by atoms with van der Waals surface area (Å²) in [5.41, 5.74) is 0. The Morgan fingerprint density at radius 2 is 2.00 bits per heavy atom. The second-order valence-corrected chi connectivity index (χ2v) is 6.41. The Bertz CT molecular complexity index is 379. The lowest BCUT2D eigenvalue weighted by atomic mass is 10.1. The number of nitrogens with one attached hydrogen (secondary N) is 1. The Balaban J connectivity index is 1.82. The van der Waals surface area contributed by atoms with Crippen LogP contribution in [0, 0.1) is 0 Å². The number of amides is 2. The smallest absolute Gasteiger partial charge is 0.334 e. The summed E-state index contributed by atoms with van der Waals surface area (Å²) in [5, 5.41) is 11.7. The van der Waals surface area contributed by atoms with Gasteiger partial charge in [0.15, 0.2) is 6.10 Å². The van der Waals surface area contributed by atoms with Crippen LogP contribution in [0.15, 0.2) is 0 Å². The van der Waals surface area contributed by atoms with Gasteiger partial charge in [0.1, 0.15) is 0 Å². The summed E-state index contributed by atoms with van der Waals surface area (Å²) in [6, 6.07) is -0.219. The van der Waals surface area contributed by atoms with E-state index in [2.05, 4.69) is 5.32 Å². The third-order valence-corrected chi connectivity index (χ3v) is 4.73. The molecule has 0 aliphatic carbocycles. The summed E-state index contributed by atoms with van der Waals surface area (Å²) in [4.78, 5) is 24.3. The lowest BCUT2D eigenvalue weighted by Crippen LogP contribution is -2.54.